The minimum atomic E-state index is -4.78. The van der Waals surface area contributed by atoms with Gasteiger partial charge < -0.3 is 24.2 Å². The predicted octanol–water partition coefficient (Wildman–Crippen LogP) is 5.37. The van der Waals surface area contributed by atoms with Crippen molar-refractivity contribution in [1.29, 1.82) is 5.26 Å². The molecule has 41 heavy (non-hydrogen) atoms. The minimum Gasteiger partial charge on any atom is -0.476 e. The molecule has 218 valence electrons. The fourth-order valence-electron chi connectivity index (χ4n) is 3.99. The summed E-state index contributed by atoms with van der Waals surface area (Å²) in [7, 11) is 5.17. The van der Waals surface area contributed by atoms with Crippen LogP contribution in [0.2, 0.25) is 0 Å². The number of thiocarbonyl (C=S) groups is 1. The molecule has 0 fully saturated rings. The Kier molecular flexibility index (Phi) is 9.51. The van der Waals surface area contributed by atoms with E-state index in [0.717, 1.165) is 18.2 Å². The molecule has 8 nitrogen and oxygen atoms in total. The van der Waals surface area contributed by atoms with Gasteiger partial charge >= 0.3 is 6.18 Å². The van der Waals surface area contributed by atoms with Crippen LogP contribution >= 0.6 is 12.2 Å². The lowest BCUT2D eigenvalue weighted by Gasteiger charge is -2.40. The van der Waals surface area contributed by atoms with E-state index >= 15 is 4.39 Å². The number of aromatic nitrogens is 2. The number of nitrogens with zero attached hydrogens (tertiary/aromatic N) is 6. The van der Waals surface area contributed by atoms with Crippen LogP contribution in [0, 0.1) is 17.1 Å². The summed E-state index contributed by atoms with van der Waals surface area (Å²) in [5.74, 6) is -0.188. The molecule has 2 aromatic carbocycles. The Morgan fingerprint density at radius 2 is 1.80 bits per heavy atom. The summed E-state index contributed by atoms with van der Waals surface area (Å²) >= 11 is 5.67. The first-order chi connectivity index (χ1) is 19.1. The molecular formula is C28H30F4N6O2S. The van der Waals surface area contributed by atoms with Crippen molar-refractivity contribution in [2.24, 2.45) is 0 Å². The molecule has 0 saturated heterocycles. The Bertz CT molecular complexity index is 1500. The maximum absolute atomic E-state index is 15.6. The van der Waals surface area contributed by atoms with Crippen LogP contribution in [-0.2, 0) is 17.4 Å². The number of carbonyl (C=O) groups excluding carboxylic acids is 1. The summed E-state index contributed by atoms with van der Waals surface area (Å²) in [4.78, 5) is 25.5. The number of aryl methyl sites for hydroxylation is 1. The van der Waals surface area contributed by atoms with E-state index in [4.69, 9.17) is 22.2 Å². The standard InChI is InChI=1S/C28H30F4N6O2S/c1-7-23-34-24-20(25(35-23)40-11-10-36(4)5)12-19(14-22(24)29)38(27(2,3)16-39)26(41)37(6)18-9-8-17(15-33)21(13-18)28(30,31)32/h8-9,12-14,16H,7,10-11H2,1-6H3. The van der Waals surface area contributed by atoms with Crippen molar-refractivity contribution in [3.8, 4) is 11.9 Å². The predicted molar refractivity (Wildman–Crippen MR) is 153 cm³/mol. The SMILES string of the molecule is CCc1nc(OCCN(C)C)c2cc(N(C(=S)N(C)c3ccc(C#N)c(C(F)(F)F)c3)C(C)(C)C=O)cc(F)c2n1. The molecule has 1 heterocycles. The number of alkyl halides is 3. The molecule has 0 amide bonds. The number of nitriles is 1. The van der Waals surface area contributed by atoms with Crippen molar-refractivity contribution in [2.75, 3.05) is 44.1 Å². The molecule has 0 saturated carbocycles. The van der Waals surface area contributed by atoms with Crippen LogP contribution in [0.3, 0.4) is 0 Å². The van der Waals surface area contributed by atoms with Crippen molar-refractivity contribution < 1.29 is 27.1 Å². The summed E-state index contributed by atoms with van der Waals surface area (Å²) in [6, 6.07) is 7.39. The van der Waals surface area contributed by atoms with Crippen LogP contribution in [0.25, 0.3) is 10.9 Å². The smallest absolute Gasteiger partial charge is 0.417 e. The molecule has 0 unspecified atom stereocenters. The van der Waals surface area contributed by atoms with Gasteiger partial charge in [0.1, 0.15) is 24.2 Å². The highest BCUT2D eigenvalue weighted by Gasteiger charge is 2.36. The number of rotatable bonds is 9. The lowest BCUT2D eigenvalue weighted by atomic mass is 10.0. The second-order valence-electron chi connectivity index (χ2n) is 10.1. The maximum atomic E-state index is 15.6. The first kappa shape index (κ1) is 31.6. The van der Waals surface area contributed by atoms with Crippen LogP contribution in [0.1, 0.15) is 37.7 Å². The topological polar surface area (TPSA) is 85.6 Å². The molecule has 0 spiro atoms. The third-order valence-corrected chi connectivity index (χ3v) is 6.72. The van der Waals surface area contributed by atoms with Crippen LogP contribution in [0.4, 0.5) is 28.9 Å². The Morgan fingerprint density at radius 1 is 1.12 bits per heavy atom. The third-order valence-electron chi connectivity index (χ3n) is 6.26. The molecular weight excluding hydrogens is 560 g/mol. The zero-order valence-electron chi connectivity index (χ0n) is 23.5. The molecule has 0 aliphatic carbocycles. The fourth-order valence-corrected chi connectivity index (χ4v) is 4.44. The van der Waals surface area contributed by atoms with Gasteiger partial charge in [-0.25, -0.2) is 9.37 Å². The van der Waals surface area contributed by atoms with E-state index in [1.165, 1.54) is 42.8 Å². The summed E-state index contributed by atoms with van der Waals surface area (Å²) in [6.45, 7) is 5.73. The Hall–Kier alpha value is -3.89. The van der Waals surface area contributed by atoms with E-state index in [0.29, 0.717) is 25.1 Å². The van der Waals surface area contributed by atoms with E-state index in [1.54, 1.807) is 6.07 Å². The normalized spacial score (nSPS) is 11.9. The number of halogens is 4. The summed E-state index contributed by atoms with van der Waals surface area (Å²) in [6.07, 6.45) is -3.75. The van der Waals surface area contributed by atoms with Gasteiger partial charge in [0.15, 0.2) is 10.9 Å². The Labute approximate surface area is 241 Å². The van der Waals surface area contributed by atoms with Crippen molar-refractivity contribution in [3.05, 3.63) is 53.1 Å². The highest BCUT2D eigenvalue weighted by Crippen LogP contribution is 2.36. The van der Waals surface area contributed by atoms with E-state index in [2.05, 4.69) is 9.97 Å². The van der Waals surface area contributed by atoms with Crippen molar-refractivity contribution in [3.63, 3.8) is 0 Å². The maximum Gasteiger partial charge on any atom is 0.417 e. The number of fused-ring (bicyclic) bond motifs is 1. The molecule has 0 bridgehead atoms. The number of hydrogen-bond donors (Lipinski definition) is 0. The van der Waals surface area contributed by atoms with Crippen molar-refractivity contribution >= 4 is 45.9 Å². The number of ether oxygens (including phenoxy) is 1. The van der Waals surface area contributed by atoms with Gasteiger partial charge in [-0.1, -0.05) is 6.92 Å². The van der Waals surface area contributed by atoms with Gasteiger partial charge in [-0.3, -0.25) is 0 Å². The molecule has 0 N–H and O–H groups in total. The molecule has 0 aliphatic heterocycles. The average Bonchev–Trinajstić information content (AvgIpc) is 2.91. The third kappa shape index (κ3) is 6.89. The number of carbonyl (C=O) groups is 1. The van der Waals surface area contributed by atoms with E-state index < -0.39 is 28.7 Å². The second-order valence-corrected chi connectivity index (χ2v) is 10.4. The fraction of sp³-hybridized carbons (Fsp3) is 0.393. The zero-order chi connectivity index (χ0) is 30.7. The Balaban J connectivity index is 2.18. The lowest BCUT2D eigenvalue weighted by Crippen LogP contribution is -2.54. The van der Waals surface area contributed by atoms with Gasteiger partial charge in [0, 0.05) is 31.4 Å². The zero-order valence-corrected chi connectivity index (χ0v) is 24.3. The highest BCUT2D eigenvalue weighted by atomic mass is 32.1. The second kappa shape index (κ2) is 12.3. The van der Waals surface area contributed by atoms with Crippen LogP contribution in [0.5, 0.6) is 5.88 Å². The molecule has 0 radical (unpaired) electrons. The van der Waals surface area contributed by atoms with Gasteiger partial charge in [0.2, 0.25) is 5.88 Å². The molecule has 3 rings (SSSR count). The molecule has 13 heteroatoms. The van der Waals surface area contributed by atoms with Gasteiger partial charge in [0.05, 0.1) is 28.1 Å². The number of hydrogen-bond acceptors (Lipinski definition) is 7. The summed E-state index contributed by atoms with van der Waals surface area (Å²) in [5.41, 5.74) is -2.87. The first-order valence-electron chi connectivity index (χ1n) is 12.6. The van der Waals surface area contributed by atoms with Crippen LogP contribution < -0.4 is 14.5 Å². The van der Waals surface area contributed by atoms with Gasteiger partial charge in [-0.2, -0.15) is 23.4 Å². The molecule has 0 aliphatic rings. The number of aldehydes is 1. The van der Waals surface area contributed by atoms with Crippen LogP contribution in [0.15, 0.2) is 30.3 Å². The van der Waals surface area contributed by atoms with E-state index in [1.807, 2.05) is 25.9 Å². The van der Waals surface area contributed by atoms with Crippen molar-refractivity contribution in [1.82, 2.24) is 14.9 Å². The van der Waals surface area contributed by atoms with E-state index in [9.17, 15) is 18.0 Å². The van der Waals surface area contributed by atoms with Gasteiger partial charge in [-0.05, 0) is 70.5 Å². The van der Waals surface area contributed by atoms with Crippen molar-refractivity contribution in [2.45, 2.75) is 38.9 Å². The largest absolute Gasteiger partial charge is 0.476 e. The number of benzene rings is 2. The van der Waals surface area contributed by atoms with Gasteiger partial charge in [-0.15, -0.1) is 0 Å². The highest BCUT2D eigenvalue weighted by molar-refractivity contribution is 7.80. The number of anilines is 2. The monoisotopic (exact) mass is 590 g/mol. The average molecular weight is 591 g/mol. The molecule has 3 aromatic rings. The lowest BCUT2D eigenvalue weighted by molar-refractivity contribution is -0.137. The van der Waals surface area contributed by atoms with Gasteiger partial charge in [0.25, 0.3) is 0 Å². The molecule has 0 atom stereocenters. The summed E-state index contributed by atoms with van der Waals surface area (Å²) in [5, 5.41) is 9.29. The Morgan fingerprint density at radius 3 is 2.37 bits per heavy atom. The minimum absolute atomic E-state index is 0.0120. The quantitative estimate of drug-likeness (QED) is 0.186. The molecule has 1 aromatic heterocycles. The number of likely N-dealkylation sites (N-methyl/N-ethyl adjacent to an activating group) is 1. The summed E-state index contributed by atoms with van der Waals surface area (Å²) < 4.78 is 62.4. The van der Waals surface area contributed by atoms with Crippen LogP contribution in [-0.4, -0.2) is 66.1 Å². The first-order valence-corrected chi connectivity index (χ1v) is 13.0. The van der Waals surface area contributed by atoms with E-state index in [-0.39, 0.29) is 39.9 Å².